The Morgan fingerprint density at radius 2 is 1.72 bits per heavy atom. The van der Waals surface area contributed by atoms with E-state index in [0.29, 0.717) is 24.0 Å². The molecule has 0 spiro atoms. The quantitative estimate of drug-likeness (QED) is 0.296. The van der Waals surface area contributed by atoms with Crippen LogP contribution >= 0.6 is 36.2 Å². The lowest BCUT2D eigenvalue weighted by Gasteiger charge is -2.21. The van der Waals surface area contributed by atoms with Gasteiger partial charge < -0.3 is 21.9 Å². The van der Waals surface area contributed by atoms with Crippen LogP contribution in [0.3, 0.4) is 0 Å². The summed E-state index contributed by atoms with van der Waals surface area (Å²) in [5.74, 6) is -0.874. The number of pyridine rings is 1. The number of hydrogen-bond donors (Lipinski definition) is 4. The molecule has 1 amide bonds. The van der Waals surface area contributed by atoms with Gasteiger partial charge in [0.25, 0.3) is 0 Å². The standard InChI is InChI=1S/C25H31N5O3S.2ClH/c1-14(2)8-20-19(11-27)24(17-6-4-16(10-26)5-7-17)18(15(3)29-20)9-22(31)28-12-23-30-21(13-34-23)25(32)33;;/h4-7,13-14H,8-12,26-27H2,1-3H3,(H,28,31)(H,32,33);2*1H. The van der Waals surface area contributed by atoms with Crippen molar-refractivity contribution in [2.75, 3.05) is 0 Å². The van der Waals surface area contributed by atoms with Crippen molar-refractivity contribution in [3.8, 4) is 11.1 Å². The molecule has 0 aliphatic heterocycles. The van der Waals surface area contributed by atoms with E-state index in [-0.39, 0.29) is 49.4 Å². The van der Waals surface area contributed by atoms with Gasteiger partial charge in [-0.1, -0.05) is 38.1 Å². The molecule has 1 aromatic carbocycles. The zero-order chi connectivity index (χ0) is 24.8. The Morgan fingerprint density at radius 3 is 2.25 bits per heavy atom. The highest BCUT2D eigenvalue weighted by molar-refractivity contribution is 7.09. The molecule has 3 rings (SSSR count). The van der Waals surface area contributed by atoms with Crippen LogP contribution in [-0.2, 0) is 37.3 Å². The van der Waals surface area contributed by atoms with Gasteiger partial charge in [-0.15, -0.1) is 36.2 Å². The maximum atomic E-state index is 12.9. The first-order chi connectivity index (χ1) is 16.2. The van der Waals surface area contributed by atoms with E-state index in [2.05, 4.69) is 24.1 Å². The number of aromatic carboxylic acids is 1. The zero-order valence-electron chi connectivity index (χ0n) is 20.5. The van der Waals surface area contributed by atoms with Crippen LogP contribution in [0.25, 0.3) is 11.1 Å². The number of rotatable bonds is 10. The molecule has 36 heavy (non-hydrogen) atoms. The number of aryl methyl sites for hydroxylation is 1. The minimum atomic E-state index is -1.09. The van der Waals surface area contributed by atoms with Gasteiger partial charge >= 0.3 is 5.97 Å². The summed E-state index contributed by atoms with van der Waals surface area (Å²) in [4.78, 5) is 32.8. The smallest absolute Gasteiger partial charge is 0.355 e. The summed E-state index contributed by atoms with van der Waals surface area (Å²) in [6.45, 7) is 7.14. The SMILES string of the molecule is Cc1nc(CC(C)C)c(CN)c(-c2ccc(CN)cc2)c1CC(=O)NCc1nc(C(=O)O)cs1.Cl.Cl. The third kappa shape index (κ3) is 7.72. The summed E-state index contributed by atoms with van der Waals surface area (Å²) in [6, 6.07) is 8.00. The van der Waals surface area contributed by atoms with Gasteiger partial charge in [-0.05, 0) is 47.1 Å². The fourth-order valence-electron chi connectivity index (χ4n) is 3.88. The minimum Gasteiger partial charge on any atom is -0.476 e. The Kier molecular flexibility index (Phi) is 12.5. The van der Waals surface area contributed by atoms with Crippen molar-refractivity contribution in [2.45, 2.75) is 53.2 Å². The highest BCUT2D eigenvalue weighted by Crippen LogP contribution is 2.33. The third-order valence-electron chi connectivity index (χ3n) is 5.52. The van der Waals surface area contributed by atoms with Gasteiger partial charge in [-0.2, -0.15) is 0 Å². The largest absolute Gasteiger partial charge is 0.476 e. The molecule has 0 unspecified atom stereocenters. The molecule has 0 aliphatic rings. The molecule has 196 valence electrons. The normalized spacial score (nSPS) is 10.5. The van der Waals surface area contributed by atoms with Crippen LogP contribution in [0.15, 0.2) is 29.6 Å². The first kappa shape index (κ1) is 31.5. The number of nitrogens with one attached hydrogen (secondary N) is 1. The topological polar surface area (TPSA) is 144 Å². The summed E-state index contributed by atoms with van der Waals surface area (Å²) in [6.07, 6.45) is 0.919. The molecule has 0 atom stereocenters. The van der Waals surface area contributed by atoms with Crippen LogP contribution in [0.2, 0.25) is 0 Å². The van der Waals surface area contributed by atoms with Gasteiger partial charge in [0.1, 0.15) is 5.01 Å². The van der Waals surface area contributed by atoms with Crippen LogP contribution in [0.4, 0.5) is 0 Å². The number of halogens is 2. The van der Waals surface area contributed by atoms with Crippen LogP contribution < -0.4 is 16.8 Å². The molecule has 0 saturated heterocycles. The summed E-state index contributed by atoms with van der Waals surface area (Å²) in [7, 11) is 0. The van der Waals surface area contributed by atoms with E-state index >= 15 is 0 Å². The Bertz CT molecular complexity index is 1180. The highest BCUT2D eigenvalue weighted by atomic mass is 35.5. The van der Waals surface area contributed by atoms with E-state index < -0.39 is 5.97 Å². The number of thiazole rings is 1. The van der Waals surface area contributed by atoms with Crippen molar-refractivity contribution in [3.05, 3.63) is 68.4 Å². The van der Waals surface area contributed by atoms with Gasteiger partial charge in [-0.25, -0.2) is 9.78 Å². The summed E-state index contributed by atoms with van der Waals surface area (Å²) >= 11 is 1.20. The van der Waals surface area contributed by atoms with Crippen LogP contribution in [-0.4, -0.2) is 27.0 Å². The second-order valence-corrected chi connectivity index (χ2v) is 9.51. The maximum Gasteiger partial charge on any atom is 0.355 e. The first-order valence-corrected chi connectivity index (χ1v) is 12.1. The number of nitrogens with zero attached hydrogens (tertiary/aromatic N) is 2. The molecule has 2 heterocycles. The molecule has 0 aliphatic carbocycles. The van der Waals surface area contributed by atoms with Crippen molar-refractivity contribution >= 4 is 48.0 Å². The molecule has 0 radical (unpaired) electrons. The van der Waals surface area contributed by atoms with E-state index in [9.17, 15) is 9.59 Å². The number of carboxylic acids is 1. The zero-order valence-corrected chi connectivity index (χ0v) is 23.0. The molecule has 2 aromatic heterocycles. The van der Waals surface area contributed by atoms with Crippen molar-refractivity contribution < 1.29 is 14.7 Å². The van der Waals surface area contributed by atoms with E-state index in [1.54, 1.807) is 0 Å². The predicted molar refractivity (Wildman–Crippen MR) is 148 cm³/mol. The molecule has 11 heteroatoms. The Hall–Kier alpha value is -2.56. The lowest BCUT2D eigenvalue weighted by atomic mass is 9.88. The third-order valence-corrected chi connectivity index (χ3v) is 6.37. The second-order valence-electron chi connectivity index (χ2n) is 8.56. The average Bonchev–Trinajstić information content (AvgIpc) is 3.28. The molecule has 8 nitrogen and oxygen atoms in total. The molecular weight excluding hydrogens is 521 g/mol. The number of carbonyl (C=O) groups is 2. The van der Waals surface area contributed by atoms with Crippen molar-refractivity contribution in [1.29, 1.82) is 0 Å². The second kappa shape index (κ2) is 14.2. The van der Waals surface area contributed by atoms with Gasteiger partial charge in [-0.3, -0.25) is 9.78 Å². The first-order valence-electron chi connectivity index (χ1n) is 11.2. The number of carbonyl (C=O) groups excluding carboxylic acids is 1. The minimum absolute atomic E-state index is 0. The number of benzene rings is 1. The predicted octanol–water partition coefficient (Wildman–Crippen LogP) is 4.03. The van der Waals surface area contributed by atoms with Crippen molar-refractivity contribution in [2.24, 2.45) is 17.4 Å². The Labute approximate surface area is 227 Å². The van der Waals surface area contributed by atoms with Crippen LogP contribution in [0.1, 0.15) is 57.4 Å². The van der Waals surface area contributed by atoms with E-state index in [4.69, 9.17) is 21.6 Å². The van der Waals surface area contributed by atoms with E-state index in [1.807, 2.05) is 31.2 Å². The van der Waals surface area contributed by atoms with E-state index in [1.165, 1.54) is 16.7 Å². The molecule has 0 bridgehead atoms. The lowest BCUT2D eigenvalue weighted by molar-refractivity contribution is -0.120. The van der Waals surface area contributed by atoms with Gasteiger partial charge in [0, 0.05) is 29.9 Å². The van der Waals surface area contributed by atoms with E-state index in [0.717, 1.165) is 45.6 Å². The van der Waals surface area contributed by atoms with Gasteiger partial charge in [0.2, 0.25) is 5.91 Å². The monoisotopic (exact) mass is 553 g/mol. The van der Waals surface area contributed by atoms with Gasteiger partial charge in [0.15, 0.2) is 5.69 Å². The Balaban J connectivity index is 0.00000324. The highest BCUT2D eigenvalue weighted by Gasteiger charge is 2.21. The van der Waals surface area contributed by atoms with Crippen LogP contribution in [0, 0.1) is 12.8 Å². The Morgan fingerprint density at radius 1 is 1.06 bits per heavy atom. The van der Waals surface area contributed by atoms with Crippen molar-refractivity contribution in [3.63, 3.8) is 0 Å². The number of carboxylic acid groups (broad SMARTS) is 1. The average molecular weight is 555 g/mol. The summed E-state index contributed by atoms with van der Waals surface area (Å²) < 4.78 is 0. The van der Waals surface area contributed by atoms with Crippen LogP contribution in [0.5, 0.6) is 0 Å². The molecule has 6 N–H and O–H groups in total. The number of nitrogens with two attached hydrogens (primary N) is 2. The van der Waals surface area contributed by atoms with Crippen molar-refractivity contribution in [1.82, 2.24) is 15.3 Å². The fourth-order valence-corrected chi connectivity index (χ4v) is 4.59. The number of amides is 1. The van der Waals surface area contributed by atoms with Gasteiger partial charge in [0.05, 0.1) is 13.0 Å². The maximum absolute atomic E-state index is 12.9. The molecule has 0 fully saturated rings. The number of hydrogen-bond acceptors (Lipinski definition) is 7. The fraction of sp³-hybridized carbons (Fsp3) is 0.360. The molecular formula is C25H33Cl2N5O3S. The molecule has 0 saturated carbocycles. The number of aromatic nitrogens is 2. The summed E-state index contributed by atoms with van der Waals surface area (Å²) in [5, 5.41) is 13.9. The summed E-state index contributed by atoms with van der Waals surface area (Å²) in [5.41, 5.74) is 18.5. The molecule has 3 aromatic rings. The lowest BCUT2D eigenvalue weighted by Crippen LogP contribution is -2.26.